The molecule has 0 radical (unpaired) electrons. The molecule has 0 aliphatic heterocycles. The summed E-state index contributed by atoms with van der Waals surface area (Å²) in [4.78, 5) is 16.6. The van der Waals surface area contributed by atoms with Crippen molar-refractivity contribution in [3.8, 4) is 5.75 Å². The minimum absolute atomic E-state index is 0.0410. The Labute approximate surface area is 128 Å². The van der Waals surface area contributed by atoms with Gasteiger partial charge in [-0.05, 0) is 30.3 Å². The first kappa shape index (κ1) is 14.1. The Morgan fingerprint density at radius 2 is 2.05 bits per heavy atom. The van der Waals surface area contributed by atoms with Crippen LogP contribution in [0.25, 0.3) is 10.8 Å². The van der Waals surface area contributed by atoms with Gasteiger partial charge in [-0.2, -0.15) is 0 Å². The molecule has 22 heavy (non-hydrogen) atoms. The Morgan fingerprint density at radius 3 is 2.82 bits per heavy atom. The van der Waals surface area contributed by atoms with Crippen molar-refractivity contribution in [2.45, 2.75) is 13.2 Å². The van der Waals surface area contributed by atoms with Crippen molar-refractivity contribution in [1.29, 1.82) is 0 Å². The van der Waals surface area contributed by atoms with Gasteiger partial charge in [-0.25, -0.2) is 0 Å². The monoisotopic (exact) mass is 292 g/mol. The highest BCUT2D eigenvalue weighted by molar-refractivity contribution is 5.87. The van der Waals surface area contributed by atoms with E-state index in [1.54, 1.807) is 23.0 Å². The molecule has 4 nitrogen and oxygen atoms in total. The van der Waals surface area contributed by atoms with Crippen molar-refractivity contribution < 1.29 is 4.74 Å². The maximum atomic E-state index is 12.4. The van der Waals surface area contributed by atoms with E-state index in [-0.39, 0.29) is 5.56 Å². The van der Waals surface area contributed by atoms with E-state index in [2.05, 4.69) is 11.6 Å². The largest absolute Gasteiger partial charge is 0.487 e. The number of allylic oxidation sites excluding steroid dienone is 1. The molecule has 2 heterocycles. The van der Waals surface area contributed by atoms with E-state index in [1.165, 1.54) is 0 Å². The van der Waals surface area contributed by atoms with Gasteiger partial charge < -0.3 is 9.30 Å². The standard InChI is InChI=1S/C18H16N2O2/c1-2-11-20-12-9-15-16(18(20)21)7-5-8-17(15)22-13-14-6-3-4-10-19-14/h2-10,12H,1,11,13H2. The van der Waals surface area contributed by atoms with Crippen LogP contribution in [-0.2, 0) is 13.2 Å². The number of fused-ring (bicyclic) bond motifs is 1. The van der Waals surface area contributed by atoms with Crippen LogP contribution >= 0.6 is 0 Å². The molecule has 0 N–H and O–H groups in total. The van der Waals surface area contributed by atoms with Crippen LogP contribution in [0.4, 0.5) is 0 Å². The van der Waals surface area contributed by atoms with E-state index in [1.807, 2.05) is 42.5 Å². The molecule has 0 amide bonds. The first-order valence-electron chi connectivity index (χ1n) is 7.05. The average molecular weight is 292 g/mol. The maximum absolute atomic E-state index is 12.4. The quantitative estimate of drug-likeness (QED) is 0.678. The first-order valence-corrected chi connectivity index (χ1v) is 7.05. The van der Waals surface area contributed by atoms with Gasteiger partial charge in [0.15, 0.2) is 0 Å². The molecule has 1 aromatic carbocycles. The van der Waals surface area contributed by atoms with Gasteiger partial charge in [-0.15, -0.1) is 6.58 Å². The summed E-state index contributed by atoms with van der Waals surface area (Å²) in [5.41, 5.74) is 0.806. The summed E-state index contributed by atoms with van der Waals surface area (Å²) in [5.74, 6) is 0.686. The van der Waals surface area contributed by atoms with Crippen molar-refractivity contribution in [2.24, 2.45) is 0 Å². The van der Waals surface area contributed by atoms with Crippen LogP contribution in [0.15, 0.2) is 72.3 Å². The number of pyridine rings is 2. The van der Waals surface area contributed by atoms with Crippen molar-refractivity contribution in [3.05, 3.63) is 83.6 Å². The summed E-state index contributed by atoms with van der Waals surface area (Å²) < 4.78 is 7.45. The zero-order chi connectivity index (χ0) is 15.4. The fourth-order valence-corrected chi connectivity index (χ4v) is 2.33. The predicted octanol–water partition coefficient (Wildman–Crippen LogP) is 3.16. The van der Waals surface area contributed by atoms with E-state index in [0.717, 1.165) is 11.1 Å². The lowest BCUT2D eigenvalue weighted by Gasteiger charge is -2.10. The Kier molecular flexibility index (Phi) is 4.01. The lowest BCUT2D eigenvalue weighted by atomic mass is 10.1. The van der Waals surface area contributed by atoms with Gasteiger partial charge in [-0.3, -0.25) is 9.78 Å². The Bertz CT molecular complexity index is 854. The minimum atomic E-state index is -0.0410. The molecule has 3 aromatic rings. The molecule has 0 aliphatic carbocycles. The summed E-state index contributed by atoms with van der Waals surface area (Å²) in [5, 5.41) is 1.45. The molecule has 0 spiro atoms. The smallest absolute Gasteiger partial charge is 0.258 e. The van der Waals surface area contributed by atoms with Gasteiger partial charge in [0.1, 0.15) is 12.4 Å². The maximum Gasteiger partial charge on any atom is 0.258 e. The molecule has 0 aliphatic rings. The summed E-state index contributed by atoms with van der Waals surface area (Å²) in [6.07, 6.45) is 5.20. The summed E-state index contributed by atoms with van der Waals surface area (Å²) in [7, 11) is 0. The zero-order valence-electron chi connectivity index (χ0n) is 12.1. The van der Waals surface area contributed by atoms with Crippen LogP contribution in [0.2, 0.25) is 0 Å². The fraction of sp³-hybridized carbons (Fsp3) is 0.111. The highest BCUT2D eigenvalue weighted by Gasteiger charge is 2.07. The van der Waals surface area contributed by atoms with Crippen molar-refractivity contribution in [3.63, 3.8) is 0 Å². The van der Waals surface area contributed by atoms with Crippen LogP contribution in [0, 0.1) is 0 Å². The second kappa shape index (κ2) is 6.26. The van der Waals surface area contributed by atoms with Crippen LogP contribution < -0.4 is 10.3 Å². The summed E-state index contributed by atoms with van der Waals surface area (Å²) in [6, 6.07) is 13.1. The minimum Gasteiger partial charge on any atom is -0.487 e. The molecule has 0 bridgehead atoms. The van der Waals surface area contributed by atoms with E-state index in [0.29, 0.717) is 24.3 Å². The zero-order valence-corrected chi connectivity index (χ0v) is 12.1. The molecule has 0 saturated heterocycles. The number of ether oxygens (including phenoxy) is 1. The van der Waals surface area contributed by atoms with E-state index < -0.39 is 0 Å². The van der Waals surface area contributed by atoms with Crippen molar-refractivity contribution in [2.75, 3.05) is 0 Å². The van der Waals surface area contributed by atoms with Crippen LogP contribution in [0.1, 0.15) is 5.69 Å². The van der Waals surface area contributed by atoms with Crippen LogP contribution in [0.3, 0.4) is 0 Å². The number of hydrogen-bond donors (Lipinski definition) is 0. The number of hydrogen-bond acceptors (Lipinski definition) is 3. The van der Waals surface area contributed by atoms with Gasteiger partial charge in [-0.1, -0.05) is 18.2 Å². The molecule has 110 valence electrons. The highest BCUT2D eigenvalue weighted by atomic mass is 16.5. The fourth-order valence-electron chi connectivity index (χ4n) is 2.33. The van der Waals surface area contributed by atoms with Gasteiger partial charge >= 0.3 is 0 Å². The van der Waals surface area contributed by atoms with Gasteiger partial charge in [0.2, 0.25) is 0 Å². The number of aromatic nitrogens is 2. The normalized spacial score (nSPS) is 10.5. The second-order valence-electron chi connectivity index (χ2n) is 4.89. The van der Waals surface area contributed by atoms with Crippen LogP contribution in [0.5, 0.6) is 5.75 Å². The predicted molar refractivity (Wildman–Crippen MR) is 87.0 cm³/mol. The van der Waals surface area contributed by atoms with Gasteiger partial charge in [0.05, 0.1) is 11.1 Å². The Hall–Kier alpha value is -2.88. The molecule has 4 heteroatoms. The van der Waals surface area contributed by atoms with E-state index in [4.69, 9.17) is 4.74 Å². The van der Waals surface area contributed by atoms with Crippen molar-refractivity contribution in [1.82, 2.24) is 9.55 Å². The molecule has 0 fully saturated rings. The van der Waals surface area contributed by atoms with Crippen LogP contribution in [-0.4, -0.2) is 9.55 Å². The van der Waals surface area contributed by atoms with Gasteiger partial charge in [0, 0.05) is 24.3 Å². The van der Waals surface area contributed by atoms with Crippen molar-refractivity contribution >= 4 is 10.8 Å². The topological polar surface area (TPSA) is 44.1 Å². The SMILES string of the molecule is C=CCn1ccc2c(OCc3ccccn3)cccc2c1=O. The molecular weight excluding hydrogens is 276 g/mol. The number of benzene rings is 1. The Morgan fingerprint density at radius 1 is 1.14 bits per heavy atom. The third-order valence-corrected chi connectivity index (χ3v) is 3.41. The first-order chi connectivity index (χ1) is 10.8. The molecule has 3 rings (SSSR count). The molecule has 0 saturated carbocycles. The van der Waals surface area contributed by atoms with Gasteiger partial charge in [0.25, 0.3) is 5.56 Å². The lowest BCUT2D eigenvalue weighted by Crippen LogP contribution is -2.18. The third kappa shape index (κ3) is 2.76. The summed E-state index contributed by atoms with van der Waals surface area (Å²) in [6.45, 7) is 4.53. The highest BCUT2D eigenvalue weighted by Crippen LogP contribution is 2.23. The molecule has 0 atom stereocenters. The average Bonchev–Trinajstić information content (AvgIpc) is 2.57. The summed E-state index contributed by atoms with van der Waals surface area (Å²) >= 11 is 0. The number of rotatable bonds is 5. The Balaban J connectivity index is 1.95. The molecule has 0 unspecified atom stereocenters. The molecule has 2 aromatic heterocycles. The number of nitrogens with zero attached hydrogens (tertiary/aromatic N) is 2. The lowest BCUT2D eigenvalue weighted by molar-refractivity contribution is 0.305. The second-order valence-corrected chi connectivity index (χ2v) is 4.89. The van der Waals surface area contributed by atoms with E-state index in [9.17, 15) is 4.79 Å². The molecular formula is C18H16N2O2. The third-order valence-electron chi connectivity index (χ3n) is 3.41. The van der Waals surface area contributed by atoms with E-state index >= 15 is 0 Å².